The van der Waals surface area contributed by atoms with Gasteiger partial charge in [-0.15, -0.1) is 0 Å². The molecular formula is C19H18Cl2N2O4. The largest absolute Gasteiger partial charge is 0.497 e. The predicted molar refractivity (Wildman–Crippen MR) is 105 cm³/mol. The van der Waals surface area contributed by atoms with Gasteiger partial charge in [0, 0.05) is 24.1 Å². The van der Waals surface area contributed by atoms with Gasteiger partial charge < -0.3 is 19.7 Å². The lowest BCUT2D eigenvalue weighted by Gasteiger charge is -2.20. The smallest absolute Gasteiger partial charge is 0.229 e. The minimum absolute atomic E-state index is 0.103. The first-order valence-electron chi connectivity index (χ1n) is 8.21. The average molecular weight is 409 g/mol. The van der Waals surface area contributed by atoms with Gasteiger partial charge in [-0.25, -0.2) is 0 Å². The van der Waals surface area contributed by atoms with Gasteiger partial charge >= 0.3 is 0 Å². The van der Waals surface area contributed by atoms with Crippen molar-refractivity contribution in [3.63, 3.8) is 0 Å². The molecule has 1 aliphatic rings. The Hall–Kier alpha value is -2.44. The molecule has 1 saturated heterocycles. The van der Waals surface area contributed by atoms with Gasteiger partial charge in [0.15, 0.2) is 0 Å². The van der Waals surface area contributed by atoms with Gasteiger partial charge in [-0.2, -0.15) is 0 Å². The summed E-state index contributed by atoms with van der Waals surface area (Å²) in [4.78, 5) is 26.6. The second kappa shape index (κ2) is 8.06. The van der Waals surface area contributed by atoms with E-state index in [-0.39, 0.29) is 24.8 Å². The molecule has 6 nitrogen and oxygen atoms in total. The highest BCUT2D eigenvalue weighted by Gasteiger charge is 2.36. The summed E-state index contributed by atoms with van der Waals surface area (Å²) in [6.07, 6.45) is 0.103. The second-order valence-electron chi connectivity index (χ2n) is 6.06. The number of ether oxygens (including phenoxy) is 2. The summed E-state index contributed by atoms with van der Waals surface area (Å²) in [5.41, 5.74) is 1.06. The number of halogens is 2. The van der Waals surface area contributed by atoms with E-state index >= 15 is 0 Å². The van der Waals surface area contributed by atoms with Crippen LogP contribution >= 0.6 is 23.2 Å². The lowest BCUT2D eigenvalue weighted by atomic mass is 10.1. The van der Waals surface area contributed by atoms with Crippen LogP contribution in [0.25, 0.3) is 0 Å². The molecule has 1 fully saturated rings. The van der Waals surface area contributed by atoms with Crippen LogP contribution in [0.15, 0.2) is 36.4 Å². The molecule has 0 radical (unpaired) electrons. The van der Waals surface area contributed by atoms with E-state index in [0.29, 0.717) is 32.9 Å². The summed E-state index contributed by atoms with van der Waals surface area (Å²) in [5, 5.41) is 3.58. The minimum Gasteiger partial charge on any atom is -0.497 e. The zero-order valence-corrected chi connectivity index (χ0v) is 16.3. The Bertz CT molecular complexity index is 888. The van der Waals surface area contributed by atoms with Crippen LogP contribution in [0.2, 0.25) is 10.0 Å². The molecule has 142 valence electrons. The van der Waals surface area contributed by atoms with Crippen molar-refractivity contribution in [1.29, 1.82) is 0 Å². The van der Waals surface area contributed by atoms with E-state index in [1.54, 1.807) is 48.4 Å². The zero-order chi connectivity index (χ0) is 19.6. The molecule has 1 heterocycles. The fourth-order valence-electron chi connectivity index (χ4n) is 2.95. The van der Waals surface area contributed by atoms with Gasteiger partial charge in [0.2, 0.25) is 11.8 Å². The van der Waals surface area contributed by atoms with Crippen molar-refractivity contribution in [1.82, 2.24) is 0 Å². The van der Waals surface area contributed by atoms with E-state index in [1.165, 1.54) is 7.11 Å². The standard InChI is InChI=1S/C19H18Cl2N2O4/c1-26-13-4-6-16(17(9-13)27-2)23-10-11(7-18(23)24)19(25)22-15-5-3-12(20)8-14(15)21/h3-6,8-9,11H,7,10H2,1-2H3,(H,22,25)/t11-/m0/s1. The van der Waals surface area contributed by atoms with E-state index in [9.17, 15) is 9.59 Å². The SMILES string of the molecule is COc1ccc(N2C[C@@H](C(=O)Nc3ccc(Cl)cc3Cl)CC2=O)c(OC)c1. The van der Waals surface area contributed by atoms with Crippen LogP contribution < -0.4 is 19.7 Å². The van der Waals surface area contributed by atoms with Crippen molar-refractivity contribution in [3.05, 3.63) is 46.4 Å². The number of hydrogen-bond acceptors (Lipinski definition) is 4. The van der Waals surface area contributed by atoms with Crippen LogP contribution in [0.3, 0.4) is 0 Å². The highest BCUT2D eigenvalue weighted by molar-refractivity contribution is 6.36. The molecule has 3 rings (SSSR count). The first-order chi connectivity index (χ1) is 12.9. The molecule has 0 aromatic heterocycles. The van der Waals surface area contributed by atoms with Crippen molar-refractivity contribution >= 4 is 46.4 Å². The Balaban J connectivity index is 1.76. The number of benzene rings is 2. The quantitative estimate of drug-likeness (QED) is 0.811. The summed E-state index contributed by atoms with van der Waals surface area (Å²) in [6.45, 7) is 0.249. The number of methoxy groups -OCH3 is 2. The van der Waals surface area contributed by atoms with Crippen LogP contribution in [0.5, 0.6) is 11.5 Å². The Kier molecular flexibility index (Phi) is 5.77. The Morgan fingerprint density at radius 3 is 2.59 bits per heavy atom. The third kappa shape index (κ3) is 4.12. The number of rotatable bonds is 5. The second-order valence-corrected chi connectivity index (χ2v) is 6.90. The molecule has 2 amide bonds. The molecule has 2 aromatic carbocycles. The van der Waals surface area contributed by atoms with Crippen molar-refractivity contribution in [2.45, 2.75) is 6.42 Å². The first-order valence-corrected chi connectivity index (χ1v) is 8.97. The van der Waals surface area contributed by atoms with E-state index in [2.05, 4.69) is 5.32 Å². The van der Waals surface area contributed by atoms with Crippen LogP contribution in [0, 0.1) is 5.92 Å². The molecule has 0 unspecified atom stereocenters. The van der Waals surface area contributed by atoms with Gasteiger partial charge in [-0.1, -0.05) is 23.2 Å². The lowest BCUT2D eigenvalue weighted by Crippen LogP contribution is -2.28. The predicted octanol–water partition coefficient (Wildman–Crippen LogP) is 4.00. The van der Waals surface area contributed by atoms with Gasteiger partial charge in [-0.05, 0) is 30.3 Å². The number of amides is 2. The maximum Gasteiger partial charge on any atom is 0.229 e. The molecular weight excluding hydrogens is 391 g/mol. The zero-order valence-electron chi connectivity index (χ0n) is 14.8. The van der Waals surface area contributed by atoms with Gasteiger partial charge in [-0.3, -0.25) is 9.59 Å². The van der Waals surface area contributed by atoms with E-state index in [1.807, 2.05) is 0 Å². The molecule has 1 N–H and O–H groups in total. The summed E-state index contributed by atoms with van der Waals surface area (Å²) in [5.74, 6) is 0.192. The summed E-state index contributed by atoms with van der Waals surface area (Å²) < 4.78 is 10.5. The summed E-state index contributed by atoms with van der Waals surface area (Å²) in [6, 6.07) is 10.00. The van der Waals surface area contributed by atoms with Crippen molar-refractivity contribution in [2.24, 2.45) is 5.92 Å². The van der Waals surface area contributed by atoms with E-state index < -0.39 is 5.92 Å². The van der Waals surface area contributed by atoms with Crippen LogP contribution in [-0.4, -0.2) is 32.6 Å². The summed E-state index contributed by atoms with van der Waals surface area (Å²) in [7, 11) is 3.07. The lowest BCUT2D eigenvalue weighted by molar-refractivity contribution is -0.122. The molecule has 27 heavy (non-hydrogen) atoms. The Labute approximate surface area is 167 Å². The molecule has 2 aromatic rings. The molecule has 8 heteroatoms. The monoisotopic (exact) mass is 408 g/mol. The van der Waals surface area contributed by atoms with Crippen molar-refractivity contribution in [3.8, 4) is 11.5 Å². The highest BCUT2D eigenvalue weighted by Crippen LogP contribution is 2.36. The van der Waals surface area contributed by atoms with Gasteiger partial charge in [0.25, 0.3) is 0 Å². The fraction of sp³-hybridized carbons (Fsp3) is 0.263. The Morgan fingerprint density at radius 2 is 1.93 bits per heavy atom. The summed E-state index contributed by atoms with van der Waals surface area (Å²) >= 11 is 12.0. The number of hydrogen-bond donors (Lipinski definition) is 1. The molecule has 0 bridgehead atoms. The third-order valence-corrected chi connectivity index (χ3v) is 4.91. The van der Waals surface area contributed by atoms with E-state index in [0.717, 1.165) is 0 Å². The highest BCUT2D eigenvalue weighted by atomic mass is 35.5. The molecule has 1 atom stereocenters. The van der Waals surface area contributed by atoms with Gasteiger partial charge in [0.05, 0.1) is 36.5 Å². The third-order valence-electron chi connectivity index (χ3n) is 4.36. The van der Waals surface area contributed by atoms with Crippen molar-refractivity contribution in [2.75, 3.05) is 31.0 Å². The van der Waals surface area contributed by atoms with Crippen LogP contribution in [-0.2, 0) is 9.59 Å². The van der Waals surface area contributed by atoms with Gasteiger partial charge in [0.1, 0.15) is 11.5 Å². The van der Waals surface area contributed by atoms with Crippen molar-refractivity contribution < 1.29 is 19.1 Å². The fourth-order valence-corrected chi connectivity index (χ4v) is 3.41. The maximum atomic E-state index is 12.6. The number of carbonyl (C=O) groups excluding carboxylic acids is 2. The Morgan fingerprint density at radius 1 is 1.15 bits per heavy atom. The van der Waals surface area contributed by atoms with Crippen LogP contribution in [0.4, 0.5) is 11.4 Å². The number of nitrogens with one attached hydrogen (secondary N) is 1. The number of anilines is 2. The normalized spacial score (nSPS) is 16.4. The average Bonchev–Trinajstić information content (AvgIpc) is 3.05. The molecule has 0 spiro atoms. The number of nitrogens with zero attached hydrogens (tertiary/aromatic N) is 1. The molecule has 0 aliphatic carbocycles. The first kappa shape index (κ1) is 19.3. The molecule has 1 aliphatic heterocycles. The number of carbonyl (C=O) groups is 2. The van der Waals surface area contributed by atoms with Crippen LogP contribution in [0.1, 0.15) is 6.42 Å². The topological polar surface area (TPSA) is 67.9 Å². The maximum absolute atomic E-state index is 12.6. The molecule has 0 saturated carbocycles. The van der Waals surface area contributed by atoms with E-state index in [4.69, 9.17) is 32.7 Å². The minimum atomic E-state index is -0.504.